The van der Waals surface area contributed by atoms with Crippen LogP contribution in [0.4, 0.5) is 5.69 Å². The van der Waals surface area contributed by atoms with Gasteiger partial charge < -0.3 is 14.7 Å². The van der Waals surface area contributed by atoms with E-state index < -0.39 is 17.6 Å². The summed E-state index contributed by atoms with van der Waals surface area (Å²) in [7, 11) is 1.53. The number of carboxylic acids is 1. The third-order valence-corrected chi connectivity index (χ3v) is 5.46. The van der Waals surface area contributed by atoms with Gasteiger partial charge in [-0.1, -0.05) is 31.4 Å². The van der Waals surface area contributed by atoms with Gasteiger partial charge in [0.15, 0.2) is 6.10 Å². The van der Waals surface area contributed by atoms with Crippen molar-refractivity contribution in [3.05, 3.63) is 24.3 Å². The van der Waals surface area contributed by atoms with Crippen LogP contribution in [0.5, 0.6) is 5.75 Å². The summed E-state index contributed by atoms with van der Waals surface area (Å²) in [5.74, 6) is -1.12. The van der Waals surface area contributed by atoms with E-state index >= 15 is 0 Å². The molecule has 1 unspecified atom stereocenters. The maximum absolute atomic E-state index is 12.9. The molecule has 140 valence electrons. The van der Waals surface area contributed by atoms with Gasteiger partial charge in [0.05, 0.1) is 5.69 Å². The summed E-state index contributed by atoms with van der Waals surface area (Å²) in [4.78, 5) is 40.1. The van der Waals surface area contributed by atoms with E-state index in [-0.39, 0.29) is 18.4 Å². The number of benzene rings is 1. The lowest BCUT2D eigenvalue weighted by molar-refractivity contribution is -0.159. The molecule has 2 amide bonds. The third-order valence-electron chi connectivity index (χ3n) is 5.46. The molecule has 1 aliphatic carbocycles. The number of nitrogens with zero attached hydrogens (tertiary/aromatic N) is 2. The average Bonchev–Trinajstić information content (AvgIpc) is 2.65. The molecule has 0 radical (unpaired) electrons. The maximum atomic E-state index is 12.9. The lowest BCUT2D eigenvalue weighted by atomic mass is 9.80. The number of anilines is 1. The Kier molecular flexibility index (Phi) is 4.89. The zero-order chi connectivity index (χ0) is 18.9. The first-order valence-corrected chi connectivity index (χ1v) is 8.94. The van der Waals surface area contributed by atoms with Crippen LogP contribution >= 0.6 is 0 Å². The fourth-order valence-electron chi connectivity index (χ4n) is 3.83. The van der Waals surface area contributed by atoms with E-state index in [1.165, 1.54) is 16.8 Å². The number of para-hydroxylation sites is 2. The summed E-state index contributed by atoms with van der Waals surface area (Å²) >= 11 is 0. The van der Waals surface area contributed by atoms with E-state index in [4.69, 9.17) is 4.74 Å². The zero-order valence-corrected chi connectivity index (χ0v) is 15.1. The summed E-state index contributed by atoms with van der Waals surface area (Å²) in [6.45, 7) is 1.44. The van der Waals surface area contributed by atoms with Gasteiger partial charge in [-0.3, -0.25) is 14.5 Å². The molecular formula is C19H24N2O5. The second kappa shape index (κ2) is 6.97. The number of carbonyl (C=O) groups is 3. The number of hydrogen-bond acceptors (Lipinski definition) is 4. The molecule has 26 heavy (non-hydrogen) atoms. The SMILES string of the molecule is CC1Oc2ccccc2N(CC(=O)N(C)C2(C(=O)O)CCCCC2)C1=O. The molecular weight excluding hydrogens is 336 g/mol. The van der Waals surface area contributed by atoms with Crippen molar-refractivity contribution in [1.82, 2.24) is 4.90 Å². The highest BCUT2D eigenvalue weighted by atomic mass is 16.5. The first-order valence-electron chi connectivity index (χ1n) is 8.94. The van der Waals surface area contributed by atoms with Crippen LogP contribution in [-0.4, -0.2) is 53.0 Å². The molecule has 0 saturated heterocycles. The van der Waals surface area contributed by atoms with Crippen LogP contribution in [0.2, 0.25) is 0 Å². The van der Waals surface area contributed by atoms with Gasteiger partial charge in [-0.15, -0.1) is 0 Å². The van der Waals surface area contributed by atoms with Gasteiger partial charge in [-0.2, -0.15) is 0 Å². The predicted molar refractivity (Wildman–Crippen MR) is 95.1 cm³/mol. The molecule has 0 aromatic heterocycles. The number of carboxylic acid groups (broad SMARTS) is 1. The van der Waals surface area contributed by atoms with Gasteiger partial charge in [0.1, 0.15) is 17.8 Å². The van der Waals surface area contributed by atoms with E-state index in [1.807, 2.05) is 0 Å². The topological polar surface area (TPSA) is 87.2 Å². The fraction of sp³-hybridized carbons (Fsp3) is 0.526. The number of carbonyl (C=O) groups excluding carboxylic acids is 2. The summed E-state index contributed by atoms with van der Waals surface area (Å²) in [5.41, 5.74) is -0.652. The molecule has 1 fully saturated rings. The lowest BCUT2D eigenvalue weighted by Gasteiger charge is -2.42. The fourth-order valence-corrected chi connectivity index (χ4v) is 3.83. The van der Waals surface area contributed by atoms with Crippen LogP contribution in [0, 0.1) is 0 Å². The predicted octanol–water partition coefficient (Wildman–Crippen LogP) is 2.05. The van der Waals surface area contributed by atoms with Crippen LogP contribution in [0.1, 0.15) is 39.0 Å². The molecule has 1 aliphatic heterocycles. The number of aliphatic carboxylic acids is 1. The van der Waals surface area contributed by atoms with Gasteiger partial charge in [-0.25, -0.2) is 4.79 Å². The Labute approximate surface area is 152 Å². The van der Waals surface area contributed by atoms with E-state index in [0.717, 1.165) is 19.3 Å². The van der Waals surface area contributed by atoms with Crippen LogP contribution in [-0.2, 0) is 14.4 Å². The summed E-state index contributed by atoms with van der Waals surface area (Å²) < 4.78 is 5.58. The molecule has 1 heterocycles. The van der Waals surface area contributed by atoms with Crippen LogP contribution in [0.25, 0.3) is 0 Å². The second-order valence-corrected chi connectivity index (χ2v) is 7.00. The van der Waals surface area contributed by atoms with Crippen molar-refractivity contribution in [3.63, 3.8) is 0 Å². The Balaban J connectivity index is 1.84. The normalized spacial score (nSPS) is 21.5. The monoisotopic (exact) mass is 360 g/mol. The second-order valence-electron chi connectivity index (χ2n) is 7.00. The van der Waals surface area contributed by atoms with Crippen molar-refractivity contribution in [2.24, 2.45) is 0 Å². The number of fused-ring (bicyclic) bond motifs is 1. The van der Waals surface area contributed by atoms with Gasteiger partial charge in [0.25, 0.3) is 5.91 Å². The molecule has 1 saturated carbocycles. The summed E-state index contributed by atoms with van der Waals surface area (Å²) in [6.07, 6.45) is 2.72. The van der Waals surface area contributed by atoms with Crippen molar-refractivity contribution >= 4 is 23.5 Å². The summed E-state index contributed by atoms with van der Waals surface area (Å²) in [5, 5.41) is 9.77. The molecule has 2 aliphatic rings. The van der Waals surface area contributed by atoms with Gasteiger partial charge in [-0.05, 0) is 31.9 Å². The molecule has 1 atom stereocenters. The Morgan fingerprint density at radius 1 is 1.27 bits per heavy atom. The molecule has 0 spiro atoms. The van der Waals surface area contributed by atoms with Crippen molar-refractivity contribution in [3.8, 4) is 5.75 Å². The van der Waals surface area contributed by atoms with E-state index in [1.54, 1.807) is 31.2 Å². The third kappa shape index (κ3) is 3.02. The minimum absolute atomic E-state index is 0.199. The largest absolute Gasteiger partial charge is 0.479 e. The van der Waals surface area contributed by atoms with E-state index in [0.29, 0.717) is 24.3 Å². The summed E-state index contributed by atoms with van der Waals surface area (Å²) in [6, 6.07) is 7.04. The van der Waals surface area contributed by atoms with Crippen molar-refractivity contribution in [2.45, 2.75) is 50.7 Å². The lowest BCUT2D eigenvalue weighted by Crippen LogP contribution is -2.59. The van der Waals surface area contributed by atoms with Gasteiger partial charge >= 0.3 is 5.97 Å². The number of likely N-dealkylation sites (N-methyl/N-ethyl adjacent to an activating group) is 1. The average molecular weight is 360 g/mol. The Hall–Kier alpha value is -2.57. The molecule has 3 rings (SSSR count). The molecule has 1 aromatic carbocycles. The standard InChI is InChI=1S/C19H24N2O5/c1-13-17(23)21(14-8-4-5-9-15(14)26-13)12-16(22)20(2)19(18(24)25)10-6-3-7-11-19/h4-5,8-9,13H,3,6-7,10-12H2,1-2H3,(H,24,25). The molecule has 7 nitrogen and oxygen atoms in total. The van der Waals surface area contributed by atoms with Crippen molar-refractivity contribution < 1.29 is 24.2 Å². The Morgan fingerprint density at radius 3 is 2.58 bits per heavy atom. The Bertz CT molecular complexity index is 726. The van der Waals surface area contributed by atoms with E-state index in [9.17, 15) is 19.5 Å². The van der Waals surface area contributed by atoms with Crippen molar-refractivity contribution in [2.75, 3.05) is 18.5 Å². The molecule has 1 N–H and O–H groups in total. The van der Waals surface area contributed by atoms with Crippen LogP contribution < -0.4 is 9.64 Å². The Morgan fingerprint density at radius 2 is 1.92 bits per heavy atom. The minimum Gasteiger partial charge on any atom is -0.479 e. The first-order chi connectivity index (χ1) is 12.4. The van der Waals surface area contributed by atoms with Gasteiger partial charge in [0.2, 0.25) is 5.91 Å². The molecule has 1 aromatic rings. The zero-order valence-electron chi connectivity index (χ0n) is 15.1. The van der Waals surface area contributed by atoms with E-state index in [2.05, 4.69) is 0 Å². The smallest absolute Gasteiger partial charge is 0.329 e. The number of ether oxygens (including phenoxy) is 1. The van der Waals surface area contributed by atoms with Crippen LogP contribution in [0.3, 0.4) is 0 Å². The number of hydrogen-bond donors (Lipinski definition) is 1. The molecule has 0 bridgehead atoms. The first kappa shape index (κ1) is 18.2. The minimum atomic E-state index is -1.18. The van der Waals surface area contributed by atoms with Crippen LogP contribution in [0.15, 0.2) is 24.3 Å². The maximum Gasteiger partial charge on any atom is 0.329 e. The molecule has 7 heteroatoms. The number of rotatable bonds is 4. The number of amides is 2. The highest BCUT2D eigenvalue weighted by Gasteiger charge is 2.46. The quantitative estimate of drug-likeness (QED) is 0.888. The highest BCUT2D eigenvalue weighted by molar-refractivity contribution is 6.04. The van der Waals surface area contributed by atoms with Gasteiger partial charge in [0, 0.05) is 7.05 Å². The highest BCUT2D eigenvalue weighted by Crippen LogP contribution is 2.36. The van der Waals surface area contributed by atoms with Crippen molar-refractivity contribution in [1.29, 1.82) is 0 Å².